The highest BCUT2D eigenvalue weighted by Gasteiger charge is 2.37. The fraction of sp³-hybridized carbons (Fsp3) is 0.600. The molecule has 1 aliphatic rings. The van der Waals surface area contributed by atoms with Crippen LogP contribution in [0.2, 0.25) is 0 Å². The van der Waals surface area contributed by atoms with Crippen molar-refractivity contribution in [3.05, 3.63) is 23.7 Å². The summed E-state index contributed by atoms with van der Waals surface area (Å²) in [4.78, 5) is 0. The molecule has 1 aromatic heterocycles. The standard InChI is InChI=1S/C10H15NO2/c1-8-3-4-9(13-8)10(7-12)5-2-6-11-10/h3-4,11-12H,2,5-7H2,1H3. The van der Waals surface area contributed by atoms with Crippen LogP contribution in [0.3, 0.4) is 0 Å². The predicted octanol–water partition coefficient (Wildman–Crippen LogP) is 1.16. The van der Waals surface area contributed by atoms with Crippen LogP contribution in [0.1, 0.15) is 24.4 Å². The van der Waals surface area contributed by atoms with Gasteiger partial charge < -0.3 is 14.8 Å². The fourth-order valence-electron chi connectivity index (χ4n) is 1.92. The quantitative estimate of drug-likeness (QED) is 0.719. The van der Waals surface area contributed by atoms with E-state index in [0.717, 1.165) is 30.9 Å². The summed E-state index contributed by atoms with van der Waals surface area (Å²) in [6.07, 6.45) is 2.05. The van der Waals surface area contributed by atoms with Gasteiger partial charge in [0.15, 0.2) is 0 Å². The maximum Gasteiger partial charge on any atom is 0.126 e. The van der Waals surface area contributed by atoms with Crippen molar-refractivity contribution in [3.8, 4) is 0 Å². The topological polar surface area (TPSA) is 45.4 Å². The maximum atomic E-state index is 9.36. The molecule has 1 atom stereocenters. The SMILES string of the molecule is Cc1ccc(C2(CO)CCCN2)o1. The van der Waals surface area contributed by atoms with Crippen molar-refractivity contribution in [2.75, 3.05) is 13.2 Å². The smallest absolute Gasteiger partial charge is 0.126 e. The normalized spacial score (nSPS) is 28.2. The Labute approximate surface area is 77.8 Å². The van der Waals surface area contributed by atoms with Gasteiger partial charge in [0.25, 0.3) is 0 Å². The van der Waals surface area contributed by atoms with Crippen LogP contribution in [0.5, 0.6) is 0 Å². The lowest BCUT2D eigenvalue weighted by Crippen LogP contribution is -2.39. The number of aliphatic hydroxyl groups excluding tert-OH is 1. The first-order valence-electron chi connectivity index (χ1n) is 4.70. The Morgan fingerprint density at radius 3 is 2.92 bits per heavy atom. The zero-order chi connectivity index (χ0) is 9.31. The van der Waals surface area contributed by atoms with Gasteiger partial charge in [0.05, 0.1) is 6.61 Å². The molecule has 1 aliphatic heterocycles. The Bertz CT molecular complexity index is 287. The van der Waals surface area contributed by atoms with Gasteiger partial charge in [-0.15, -0.1) is 0 Å². The summed E-state index contributed by atoms with van der Waals surface area (Å²) >= 11 is 0. The van der Waals surface area contributed by atoms with Gasteiger partial charge in [0.2, 0.25) is 0 Å². The van der Waals surface area contributed by atoms with Crippen LogP contribution in [0.15, 0.2) is 16.5 Å². The second kappa shape index (κ2) is 3.16. The van der Waals surface area contributed by atoms with Crippen molar-refractivity contribution < 1.29 is 9.52 Å². The predicted molar refractivity (Wildman–Crippen MR) is 49.4 cm³/mol. The summed E-state index contributed by atoms with van der Waals surface area (Å²) in [6.45, 7) is 2.99. The molecule has 72 valence electrons. The van der Waals surface area contributed by atoms with Crippen molar-refractivity contribution in [2.24, 2.45) is 0 Å². The highest BCUT2D eigenvalue weighted by atomic mass is 16.3. The second-order valence-electron chi connectivity index (χ2n) is 3.68. The van der Waals surface area contributed by atoms with E-state index in [0.29, 0.717) is 0 Å². The monoisotopic (exact) mass is 181 g/mol. The van der Waals surface area contributed by atoms with Gasteiger partial charge in [-0.2, -0.15) is 0 Å². The molecule has 3 heteroatoms. The molecule has 0 radical (unpaired) electrons. The van der Waals surface area contributed by atoms with Crippen molar-refractivity contribution in [3.63, 3.8) is 0 Å². The fourth-order valence-corrected chi connectivity index (χ4v) is 1.92. The third-order valence-electron chi connectivity index (χ3n) is 2.73. The summed E-state index contributed by atoms with van der Waals surface area (Å²) in [5.74, 6) is 1.77. The summed E-state index contributed by atoms with van der Waals surface area (Å²) < 4.78 is 5.54. The highest BCUT2D eigenvalue weighted by Crippen LogP contribution is 2.31. The first-order valence-corrected chi connectivity index (χ1v) is 4.70. The minimum Gasteiger partial charge on any atom is -0.464 e. The van der Waals surface area contributed by atoms with Gasteiger partial charge in [-0.3, -0.25) is 0 Å². The lowest BCUT2D eigenvalue weighted by molar-refractivity contribution is 0.155. The van der Waals surface area contributed by atoms with E-state index in [1.807, 2.05) is 19.1 Å². The molecule has 0 amide bonds. The molecule has 3 nitrogen and oxygen atoms in total. The summed E-state index contributed by atoms with van der Waals surface area (Å²) in [5.41, 5.74) is -0.311. The molecule has 1 fully saturated rings. The van der Waals surface area contributed by atoms with Gasteiger partial charge in [-0.1, -0.05) is 0 Å². The third kappa shape index (κ3) is 1.38. The highest BCUT2D eigenvalue weighted by molar-refractivity contribution is 5.17. The van der Waals surface area contributed by atoms with Crippen molar-refractivity contribution in [2.45, 2.75) is 25.3 Å². The number of hydrogen-bond donors (Lipinski definition) is 2. The molecule has 0 bridgehead atoms. The Kier molecular flexibility index (Phi) is 2.14. The minimum absolute atomic E-state index is 0.111. The van der Waals surface area contributed by atoms with Crippen LogP contribution in [-0.2, 0) is 5.54 Å². The molecule has 0 aliphatic carbocycles. The average Bonchev–Trinajstić information content (AvgIpc) is 2.73. The van der Waals surface area contributed by atoms with E-state index in [1.165, 1.54) is 0 Å². The molecule has 13 heavy (non-hydrogen) atoms. The van der Waals surface area contributed by atoms with Crippen LogP contribution in [0, 0.1) is 6.92 Å². The molecule has 0 saturated carbocycles. The van der Waals surface area contributed by atoms with Crippen LogP contribution in [0.25, 0.3) is 0 Å². The van der Waals surface area contributed by atoms with Gasteiger partial charge in [-0.05, 0) is 38.4 Å². The van der Waals surface area contributed by atoms with E-state index in [1.54, 1.807) is 0 Å². The van der Waals surface area contributed by atoms with Crippen LogP contribution < -0.4 is 5.32 Å². The first kappa shape index (κ1) is 8.78. The lowest BCUT2D eigenvalue weighted by Gasteiger charge is -2.24. The van der Waals surface area contributed by atoms with Crippen molar-refractivity contribution in [1.82, 2.24) is 5.32 Å². The van der Waals surface area contributed by atoms with E-state index in [-0.39, 0.29) is 12.1 Å². The lowest BCUT2D eigenvalue weighted by atomic mass is 9.96. The van der Waals surface area contributed by atoms with Crippen molar-refractivity contribution >= 4 is 0 Å². The van der Waals surface area contributed by atoms with Gasteiger partial charge >= 0.3 is 0 Å². The van der Waals surface area contributed by atoms with Gasteiger partial charge in [-0.25, -0.2) is 0 Å². The Morgan fingerprint density at radius 1 is 1.62 bits per heavy atom. The largest absolute Gasteiger partial charge is 0.464 e. The van der Waals surface area contributed by atoms with Gasteiger partial charge in [0.1, 0.15) is 17.1 Å². The molecular weight excluding hydrogens is 166 g/mol. The molecule has 0 spiro atoms. The second-order valence-corrected chi connectivity index (χ2v) is 3.68. The summed E-state index contributed by atoms with van der Waals surface area (Å²) in [7, 11) is 0. The van der Waals surface area contributed by atoms with Gasteiger partial charge in [0, 0.05) is 0 Å². The van der Waals surface area contributed by atoms with E-state index < -0.39 is 0 Å². The van der Waals surface area contributed by atoms with E-state index >= 15 is 0 Å². The Balaban J connectivity index is 2.30. The number of aryl methyl sites for hydroxylation is 1. The molecule has 1 saturated heterocycles. The number of rotatable bonds is 2. The average molecular weight is 181 g/mol. The summed E-state index contributed by atoms with van der Waals surface area (Å²) in [5, 5.41) is 12.7. The summed E-state index contributed by atoms with van der Waals surface area (Å²) in [6, 6.07) is 3.89. The molecule has 2 rings (SSSR count). The molecule has 1 unspecified atom stereocenters. The zero-order valence-corrected chi connectivity index (χ0v) is 7.84. The molecule has 2 N–H and O–H groups in total. The molecular formula is C10H15NO2. The molecule has 0 aromatic carbocycles. The van der Waals surface area contributed by atoms with E-state index in [2.05, 4.69) is 5.32 Å². The number of hydrogen-bond acceptors (Lipinski definition) is 3. The van der Waals surface area contributed by atoms with E-state index in [4.69, 9.17) is 4.42 Å². The van der Waals surface area contributed by atoms with Crippen LogP contribution in [-0.4, -0.2) is 18.3 Å². The Hall–Kier alpha value is -0.800. The van der Waals surface area contributed by atoms with Crippen molar-refractivity contribution in [1.29, 1.82) is 0 Å². The maximum absolute atomic E-state index is 9.36. The number of aliphatic hydroxyl groups is 1. The first-order chi connectivity index (χ1) is 6.27. The zero-order valence-electron chi connectivity index (χ0n) is 7.84. The number of furan rings is 1. The Morgan fingerprint density at radius 2 is 2.46 bits per heavy atom. The van der Waals surface area contributed by atoms with E-state index in [9.17, 15) is 5.11 Å². The van der Waals surface area contributed by atoms with Crippen LogP contribution >= 0.6 is 0 Å². The molecule has 2 heterocycles. The third-order valence-corrected chi connectivity index (χ3v) is 2.73. The number of nitrogens with one attached hydrogen (secondary N) is 1. The molecule has 1 aromatic rings. The van der Waals surface area contributed by atoms with Crippen LogP contribution in [0.4, 0.5) is 0 Å². The minimum atomic E-state index is -0.311.